The number of aromatic nitrogens is 2. The second kappa shape index (κ2) is 6.96. The molecule has 0 saturated carbocycles. The monoisotopic (exact) mass is 283 g/mol. The Morgan fingerprint density at radius 3 is 2.81 bits per heavy atom. The van der Waals surface area contributed by atoms with Crippen LogP contribution in [0.2, 0.25) is 0 Å². The lowest BCUT2D eigenvalue weighted by molar-refractivity contribution is 0.294. The number of nitrogens with zero attached hydrogens (tertiary/aromatic N) is 2. The Morgan fingerprint density at radius 2 is 2.14 bits per heavy atom. The predicted octanol–water partition coefficient (Wildman–Crippen LogP) is 2.18. The third kappa shape index (κ3) is 3.87. The Balaban J connectivity index is 2.17. The zero-order chi connectivity index (χ0) is 15.2. The summed E-state index contributed by atoms with van der Waals surface area (Å²) in [5.41, 5.74) is 9.58. The van der Waals surface area contributed by atoms with Crippen LogP contribution in [0, 0.1) is 18.8 Å². The first-order chi connectivity index (χ1) is 10.1. The van der Waals surface area contributed by atoms with Crippen LogP contribution in [0.15, 0.2) is 24.3 Å². The van der Waals surface area contributed by atoms with Crippen LogP contribution in [0.3, 0.4) is 0 Å². The maximum absolute atomic E-state index is 5.91. The predicted molar refractivity (Wildman–Crippen MR) is 84.0 cm³/mol. The van der Waals surface area contributed by atoms with Crippen LogP contribution in [0.1, 0.15) is 29.4 Å². The van der Waals surface area contributed by atoms with E-state index in [-0.39, 0.29) is 0 Å². The molecule has 0 unspecified atom stereocenters. The first-order valence-corrected chi connectivity index (χ1v) is 7.08. The van der Waals surface area contributed by atoms with Crippen LogP contribution in [0.25, 0.3) is 0 Å². The fraction of sp³-hybridized carbons (Fsp3) is 0.353. The molecule has 0 spiro atoms. The molecule has 2 N–H and O–H groups in total. The summed E-state index contributed by atoms with van der Waals surface area (Å²) in [6.45, 7) is 4.94. The van der Waals surface area contributed by atoms with Gasteiger partial charge in [0.1, 0.15) is 12.4 Å². The van der Waals surface area contributed by atoms with Gasteiger partial charge in [0.25, 0.3) is 0 Å². The molecule has 0 aliphatic heterocycles. The van der Waals surface area contributed by atoms with Gasteiger partial charge >= 0.3 is 0 Å². The highest BCUT2D eigenvalue weighted by Crippen LogP contribution is 2.20. The van der Waals surface area contributed by atoms with E-state index >= 15 is 0 Å². The average Bonchev–Trinajstić information content (AvgIpc) is 2.84. The normalized spacial score (nSPS) is 10.1. The number of ether oxygens (including phenoxy) is 1. The van der Waals surface area contributed by atoms with Crippen molar-refractivity contribution in [3.8, 4) is 17.6 Å². The molecular formula is C17H21N3O. The zero-order valence-corrected chi connectivity index (χ0v) is 12.8. The molecule has 0 bridgehead atoms. The maximum Gasteiger partial charge on any atom is 0.135 e. The molecule has 21 heavy (non-hydrogen) atoms. The van der Waals surface area contributed by atoms with Gasteiger partial charge in [-0.2, -0.15) is 5.10 Å². The molecule has 0 radical (unpaired) electrons. The molecule has 1 heterocycles. The SMILES string of the molecule is CCc1cc(COc2ccc(C)cc2C#CCN)n(C)n1. The fourth-order valence-corrected chi connectivity index (χ4v) is 2.04. The number of nitrogens with two attached hydrogens (primary N) is 1. The third-order valence-corrected chi connectivity index (χ3v) is 3.23. The Bertz CT molecular complexity index is 677. The largest absolute Gasteiger partial charge is 0.486 e. The van der Waals surface area contributed by atoms with Crippen molar-refractivity contribution in [2.45, 2.75) is 26.9 Å². The summed E-state index contributed by atoms with van der Waals surface area (Å²) in [4.78, 5) is 0. The molecule has 1 aromatic heterocycles. The zero-order valence-electron chi connectivity index (χ0n) is 12.8. The summed E-state index contributed by atoms with van der Waals surface area (Å²) in [5, 5.41) is 4.42. The molecule has 0 aliphatic rings. The summed E-state index contributed by atoms with van der Waals surface area (Å²) in [6, 6.07) is 8.05. The van der Waals surface area contributed by atoms with E-state index in [1.165, 1.54) is 0 Å². The lowest BCUT2D eigenvalue weighted by Gasteiger charge is -2.09. The van der Waals surface area contributed by atoms with E-state index < -0.39 is 0 Å². The van der Waals surface area contributed by atoms with Crippen LogP contribution in [-0.2, 0) is 20.1 Å². The van der Waals surface area contributed by atoms with Gasteiger partial charge in [-0.05, 0) is 37.1 Å². The first kappa shape index (κ1) is 15.1. The number of hydrogen-bond acceptors (Lipinski definition) is 3. The lowest BCUT2D eigenvalue weighted by Crippen LogP contribution is -2.04. The molecule has 2 rings (SSSR count). The Morgan fingerprint density at radius 1 is 1.33 bits per heavy atom. The van der Waals surface area contributed by atoms with Gasteiger partial charge in [-0.3, -0.25) is 4.68 Å². The number of rotatable bonds is 4. The first-order valence-electron chi connectivity index (χ1n) is 7.08. The van der Waals surface area contributed by atoms with Gasteiger partial charge < -0.3 is 10.5 Å². The summed E-state index contributed by atoms with van der Waals surface area (Å²) >= 11 is 0. The van der Waals surface area contributed by atoms with E-state index in [0.717, 1.165) is 34.7 Å². The van der Waals surface area contributed by atoms with Crippen LogP contribution < -0.4 is 10.5 Å². The second-order valence-electron chi connectivity index (χ2n) is 4.90. The summed E-state index contributed by atoms with van der Waals surface area (Å²) in [7, 11) is 1.93. The van der Waals surface area contributed by atoms with Gasteiger partial charge in [0.15, 0.2) is 0 Å². The van der Waals surface area contributed by atoms with E-state index in [0.29, 0.717) is 13.2 Å². The Kier molecular flexibility index (Phi) is 5.02. The van der Waals surface area contributed by atoms with Gasteiger partial charge in [0.05, 0.1) is 23.5 Å². The minimum Gasteiger partial charge on any atom is -0.486 e. The number of benzene rings is 1. The standard InChI is InChI=1S/C17H21N3O/c1-4-15-11-16(20(3)19-15)12-21-17-8-7-13(2)10-14(17)6-5-9-18/h7-8,10-11H,4,9,12,18H2,1-3H3. The molecule has 2 aromatic rings. The molecular weight excluding hydrogens is 262 g/mol. The van der Waals surface area contributed by atoms with Crippen molar-refractivity contribution >= 4 is 0 Å². The molecule has 4 nitrogen and oxygen atoms in total. The van der Waals surface area contributed by atoms with E-state index in [4.69, 9.17) is 10.5 Å². The van der Waals surface area contributed by atoms with Gasteiger partial charge in [0, 0.05) is 7.05 Å². The Hall–Kier alpha value is -2.25. The molecule has 110 valence electrons. The van der Waals surface area contributed by atoms with Crippen LogP contribution in [0.4, 0.5) is 0 Å². The van der Waals surface area contributed by atoms with Crippen LogP contribution >= 0.6 is 0 Å². The number of hydrogen-bond donors (Lipinski definition) is 1. The minimum absolute atomic E-state index is 0.342. The fourth-order valence-electron chi connectivity index (χ4n) is 2.04. The second-order valence-corrected chi connectivity index (χ2v) is 4.90. The van der Waals surface area contributed by atoms with Crippen molar-refractivity contribution < 1.29 is 4.74 Å². The summed E-state index contributed by atoms with van der Waals surface area (Å²) < 4.78 is 7.77. The quantitative estimate of drug-likeness (QED) is 0.875. The van der Waals surface area contributed by atoms with Crippen LogP contribution in [-0.4, -0.2) is 16.3 Å². The molecule has 0 atom stereocenters. The smallest absolute Gasteiger partial charge is 0.135 e. The third-order valence-electron chi connectivity index (χ3n) is 3.23. The van der Waals surface area contributed by atoms with Gasteiger partial charge in [-0.1, -0.05) is 24.8 Å². The highest BCUT2D eigenvalue weighted by molar-refractivity contribution is 5.48. The van der Waals surface area contributed by atoms with Crippen molar-refractivity contribution in [3.63, 3.8) is 0 Å². The van der Waals surface area contributed by atoms with Crippen molar-refractivity contribution in [2.75, 3.05) is 6.54 Å². The van der Waals surface area contributed by atoms with Gasteiger partial charge in [0.2, 0.25) is 0 Å². The molecule has 4 heteroatoms. The van der Waals surface area contributed by atoms with E-state index in [2.05, 4.69) is 29.9 Å². The van der Waals surface area contributed by atoms with E-state index in [1.807, 2.05) is 36.9 Å². The van der Waals surface area contributed by atoms with Crippen LogP contribution in [0.5, 0.6) is 5.75 Å². The van der Waals surface area contributed by atoms with Crippen molar-refractivity contribution in [3.05, 3.63) is 46.8 Å². The highest BCUT2D eigenvalue weighted by Gasteiger charge is 2.07. The molecule has 0 amide bonds. The lowest BCUT2D eigenvalue weighted by atomic mass is 10.1. The molecule has 0 aliphatic carbocycles. The average molecular weight is 283 g/mol. The molecule has 0 saturated heterocycles. The highest BCUT2D eigenvalue weighted by atomic mass is 16.5. The summed E-state index contributed by atoms with van der Waals surface area (Å²) in [5.74, 6) is 6.71. The number of aryl methyl sites for hydroxylation is 3. The summed E-state index contributed by atoms with van der Waals surface area (Å²) in [6.07, 6.45) is 0.922. The van der Waals surface area contributed by atoms with E-state index in [1.54, 1.807) is 0 Å². The van der Waals surface area contributed by atoms with E-state index in [9.17, 15) is 0 Å². The van der Waals surface area contributed by atoms with Crippen molar-refractivity contribution in [1.29, 1.82) is 0 Å². The maximum atomic E-state index is 5.91. The van der Waals surface area contributed by atoms with Crippen molar-refractivity contribution in [1.82, 2.24) is 9.78 Å². The topological polar surface area (TPSA) is 53.1 Å². The molecule has 1 aromatic carbocycles. The molecule has 0 fully saturated rings. The minimum atomic E-state index is 0.342. The Labute approximate surface area is 125 Å². The van der Waals surface area contributed by atoms with Gasteiger partial charge in [-0.15, -0.1) is 0 Å². The van der Waals surface area contributed by atoms with Crippen molar-refractivity contribution in [2.24, 2.45) is 12.8 Å². The van der Waals surface area contributed by atoms with Gasteiger partial charge in [-0.25, -0.2) is 0 Å².